The summed E-state index contributed by atoms with van der Waals surface area (Å²) in [6, 6.07) is 0. The number of carbonyl (C=O) groups excluding carboxylic acids is 2. The summed E-state index contributed by atoms with van der Waals surface area (Å²) < 4.78 is 10.4. The number of alkyl carbamates (subject to hydrolysis) is 1. The van der Waals surface area contributed by atoms with Crippen LogP contribution in [-0.2, 0) is 14.3 Å². The minimum absolute atomic E-state index is 0.220. The smallest absolute Gasteiger partial charge is 0.407 e. The van der Waals surface area contributed by atoms with Crippen molar-refractivity contribution in [1.82, 2.24) is 10.2 Å². The topological polar surface area (TPSA) is 67.9 Å². The number of rotatable bonds is 7. The van der Waals surface area contributed by atoms with E-state index in [0.717, 1.165) is 19.4 Å². The highest BCUT2D eigenvalue weighted by molar-refractivity contribution is 5.72. The molecule has 0 heterocycles. The summed E-state index contributed by atoms with van der Waals surface area (Å²) in [4.78, 5) is 25.0. The molecule has 0 unspecified atom stereocenters. The second-order valence-electron chi connectivity index (χ2n) is 7.46. The Balaban J connectivity index is 3.71. The van der Waals surface area contributed by atoms with Gasteiger partial charge in [-0.1, -0.05) is 0 Å². The lowest BCUT2D eigenvalue weighted by molar-refractivity contribution is -0.155. The molecule has 0 aliphatic carbocycles. The molecule has 0 rings (SSSR count). The van der Waals surface area contributed by atoms with Crippen LogP contribution < -0.4 is 5.32 Å². The number of hydrogen-bond donors (Lipinski definition) is 1. The van der Waals surface area contributed by atoms with Gasteiger partial charge in [0, 0.05) is 6.54 Å². The molecule has 1 amide bonds. The fourth-order valence-corrected chi connectivity index (χ4v) is 1.68. The van der Waals surface area contributed by atoms with E-state index in [4.69, 9.17) is 9.47 Å². The summed E-state index contributed by atoms with van der Waals surface area (Å²) in [5, 5.41) is 2.71. The third-order valence-electron chi connectivity index (χ3n) is 2.45. The number of carbonyl (C=O) groups is 2. The van der Waals surface area contributed by atoms with Crippen molar-refractivity contribution in [3.8, 4) is 0 Å². The van der Waals surface area contributed by atoms with E-state index in [-0.39, 0.29) is 12.5 Å². The van der Waals surface area contributed by atoms with Gasteiger partial charge in [0.2, 0.25) is 0 Å². The van der Waals surface area contributed by atoms with Crippen molar-refractivity contribution in [3.05, 3.63) is 0 Å². The SMILES string of the molecule is CN(CCCCNC(=O)OC(C)(C)C)CC(=O)OC(C)(C)C. The molecule has 22 heavy (non-hydrogen) atoms. The number of unbranched alkanes of at least 4 members (excludes halogenated alkanes) is 1. The Morgan fingerprint density at radius 2 is 1.50 bits per heavy atom. The maximum absolute atomic E-state index is 11.6. The largest absolute Gasteiger partial charge is 0.459 e. The molecule has 130 valence electrons. The molecule has 6 heteroatoms. The van der Waals surface area contributed by atoms with Gasteiger partial charge < -0.3 is 14.8 Å². The molecule has 0 aromatic carbocycles. The van der Waals surface area contributed by atoms with Crippen molar-refractivity contribution in [1.29, 1.82) is 0 Å². The van der Waals surface area contributed by atoms with Crippen molar-refractivity contribution in [3.63, 3.8) is 0 Å². The minimum Gasteiger partial charge on any atom is -0.459 e. The second kappa shape index (κ2) is 8.98. The van der Waals surface area contributed by atoms with Gasteiger partial charge in [0.25, 0.3) is 0 Å². The van der Waals surface area contributed by atoms with E-state index in [1.807, 2.05) is 53.5 Å². The molecule has 0 saturated carbocycles. The third-order valence-corrected chi connectivity index (χ3v) is 2.45. The van der Waals surface area contributed by atoms with E-state index < -0.39 is 17.3 Å². The van der Waals surface area contributed by atoms with Crippen molar-refractivity contribution < 1.29 is 19.1 Å². The minimum atomic E-state index is -0.474. The standard InChI is InChI=1S/C16H32N2O4/c1-15(2,3)21-13(19)12-18(7)11-9-8-10-17-14(20)22-16(4,5)6/h8-12H2,1-7H3,(H,17,20). The Bertz CT molecular complexity index is 356. The Labute approximate surface area is 134 Å². The average Bonchev–Trinajstić information content (AvgIpc) is 2.22. The Hall–Kier alpha value is -1.30. The summed E-state index contributed by atoms with van der Waals surface area (Å²) >= 11 is 0. The molecule has 0 radical (unpaired) electrons. The van der Waals surface area contributed by atoms with E-state index in [1.54, 1.807) is 0 Å². The molecular formula is C16H32N2O4. The Kier molecular flexibility index (Phi) is 8.45. The number of hydrogen-bond acceptors (Lipinski definition) is 5. The van der Waals surface area contributed by atoms with Crippen molar-refractivity contribution in [2.24, 2.45) is 0 Å². The normalized spacial score (nSPS) is 12.2. The van der Waals surface area contributed by atoms with Crippen LogP contribution in [-0.4, -0.2) is 54.8 Å². The van der Waals surface area contributed by atoms with E-state index in [9.17, 15) is 9.59 Å². The van der Waals surface area contributed by atoms with Crippen molar-refractivity contribution >= 4 is 12.1 Å². The molecule has 0 fully saturated rings. The van der Waals surface area contributed by atoms with Crippen LogP contribution in [0.15, 0.2) is 0 Å². The van der Waals surface area contributed by atoms with Gasteiger partial charge in [-0.15, -0.1) is 0 Å². The monoisotopic (exact) mass is 316 g/mol. The Morgan fingerprint density at radius 3 is 2.00 bits per heavy atom. The lowest BCUT2D eigenvalue weighted by atomic mass is 10.2. The number of likely N-dealkylation sites (N-methyl/N-ethyl adjacent to an activating group) is 1. The first-order valence-corrected chi connectivity index (χ1v) is 7.76. The molecule has 0 aromatic rings. The highest BCUT2D eigenvalue weighted by Crippen LogP contribution is 2.08. The third kappa shape index (κ3) is 13.7. The van der Waals surface area contributed by atoms with E-state index in [0.29, 0.717) is 6.54 Å². The van der Waals surface area contributed by atoms with Crippen LogP contribution in [0.1, 0.15) is 54.4 Å². The summed E-state index contributed by atoms with van der Waals surface area (Å²) in [6.07, 6.45) is 1.32. The molecule has 0 spiro atoms. The average molecular weight is 316 g/mol. The van der Waals surface area contributed by atoms with Gasteiger partial charge in [-0.3, -0.25) is 9.69 Å². The lowest BCUT2D eigenvalue weighted by Gasteiger charge is -2.22. The van der Waals surface area contributed by atoms with Crippen LogP contribution >= 0.6 is 0 Å². The highest BCUT2D eigenvalue weighted by atomic mass is 16.6. The van der Waals surface area contributed by atoms with E-state index >= 15 is 0 Å². The first-order chi connectivity index (χ1) is 9.89. The van der Waals surface area contributed by atoms with Gasteiger partial charge in [-0.2, -0.15) is 0 Å². The quantitative estimate of drug-likeness (QED) is 0.577. The predicted octanol–water partition coefficient (Wildman–Crippen LogP) is 2.56. The maximum atomic E-state index is 11.6. The van der Waals surface area contributed by atoms with E-state index in [1.165, 1.54) is 0 Å². The molecule has 0 atom stereocenters. The van der Waals surface area contributed by atoms with Gasteiger partial charge in [0.05, 0.1) is 6.54 Å². The van der Waals surface area contributed by atoms with Gasteiger partial charge >= 0.3 is 12.1 Å². The van der Waals surface area contributed by atoms with Gasteiger partial charge in [0.15, 0.2) is 0 Å². The highest BCUT2D eigenvalue weighted by Gasteiger charge is 2.17. The fraction of sp³-hybridized carbons (Fsp3) is 0.875. The zero-order valence-electron chi connectivity index (χ0n) is 15.1. The summed E-state index contributed by atoms with van der Waals surface area (Å²) in [6.45, 7) is 12.7. The van der Waals surface area contributed by atoms with Crippen LogP contribution in [0, 0.1) is 0 Å². The number of nitrogens with one attached hydrogen (secondary N) is 1. The number of esters is 1. The van der Waals surface area contributed by atoms with Crippen LogP contribution in [0.3, 0.4) is 0 Å². The Morgan fingerprint density at radius 1 is 0.955 bits per heavy atom. The van der Waals surface area contributed by atoms with Crippen LogP contribution in [0.25, 0.3) is 0 Å². The van der Waals surface area contributed by atoms with Crippen molar-refractivity contribution in [2.45, 2.75) is 65.6 Å². The van der Waals surface area contributed by atoms with Crippen LogP contribution in [0.5, 0.6) is 0 Å². The second-order valence-corrected chi connectivity index (χ2v) is 7.46. The molecule has 0 bridgehead atoms. The summed E-state index contributed by atoms with van der Waals surface area (Å²) in [7, 11) is 1.88. The number of nitrogens with zero attached hydrogens (tertiary/aromatic N) is 1. The summed E-state index contributed by atoms with van der Waals surface area (Å²) in [5.74, 6) is -0.220. The molecule has 6 nitrogen and oxygen atoms in total. The molecule has 0 saturated heterocycles. The first kappa shape index (κ1) is 20.7. The first-order valence-electron chi connectivity index (χ1n) is 7.76. The van der Waals surface area contributed by atoms with Crippen LogP contribution in [0.4, 0.5) is 4.79 Å². The molecule has 0 aromatic heterocycles. The van der Waals surface area contributed by atoms with Crippen molar-refractivity contribution in [2.75, 3.05) is 26.7 Å². The zero-order chi connectivity index (χ0) is 17.4. The molecule has 0 aliphatic rings. The molecular weight excluding hydrogens is 284 g/mol. The molecule has 1 N–H and O–H groups in total. The lowest BCUT2D eigenvalue weighted by Crippen LogP contribution is -2.34. The molecule has 0 aliphatic heterocycles. The predicted molar refractivity (Wildman–Crippen MR) is 86.8 cm³/mol. The number of amides is 1. The fourth-order valence-electron chi connectivity index (χ4n) is 1.68. The van der Waals surface area contributed by atoms with Gasteiger partial charge in [-0.05, 0) is 68.0 Å². The zero-order valence-corrected chi connectivity index (χ0v) is 15.1. The summed E-state index contributed by atoms with van der Waals surface area (Å²) in [5.41, 5.74) is -0.924. The van der Waals surface area contributed by atoms with Crippen LogP contribution in [0.2, 0.25) is 0 Å². The van der Waals surface area contributed by atoms with Gasteiger partial charge in [-0.25, -0.2) is 4.79 Å². The van der Waals surface area contributed by atoms with E-state index in [2.05, 4.69) is 5.32 Å². The van der Waals surface area contributed by atoms with Gasteiger partial charge in [0.1, 0.15) is 11.2 Å². The maximum Gasteiger partial charge on any atom is 0.407 e. The number of ether oxygens (including phenoxy) is 2.